The van der Waals surface area contributed by atoms with Crippen LogP contribution in [0, 0.1) is 0 Å². The summed E-state index contributed by atoms with van der Waals surface area (Å²) in [7, 11) is 0. The summed E-state index contributed by atoms with van der Waals surface area (Å²) in [5, 5.41) is 10.9. The van der Waals surface area contributed by atoms with Crippen LogP contribution >= 0.6 is 0 Å². The monoisotopic (exact) mass is 254 g/mol. The summed E-state index contributed by atoms with van der Waals surface area (Å²) < 4.78 is 5.74. The van der Waals surface area contributed by atoms with Crippen molar-refractivity contribution in [1.82, 2.24) is 0 Å². The number of benzene rings is 2. The average molecular weight is 254 g/mol. The van der Waals surface area contributed by atoms with Crippen molar-refractivity contribution in [3.63, 3.8) is 0 Å². The number of para-hydroxylation sites is 1. The molecule has 0 fully saturated rings. The second-order valence-electron chi connectivity index (χ2n) is 4.99. The molecule has 0 aliphatic carbocycles. The van der Waals surface area contributed by atoms with Gasteiger partial charge in [0.05, 0.1) is 10.8 Å². The highest BCUT2D eigenvalue weighted by atomic mass is 16.3. The van der Waals surface area contributed by atoms with Crippen LogP contribution in [0.3, 0.4) is 0 Å². The predicted octanol–water partition coefficient (Wildman–Crippen LogP) is 3.78. The molecule has 19 heavy (non-hydrogen) atoms. The fourth-order valence-electron chi connectivity index (χ4n) is 2.40. The van der Waals surface area contributed by atoms with E-state index in [4.69, 9.17) is 4.42 Å². The highest BCUT2D eigenvalue weighted by Gasteiger charge is 2.14. The van der Waals surface area contributed by atoms with Gasteiger partial charge in [-0.2, -0.15) is 0 Å². The average Bonchev–Trinajstić information content (AvgIpc) is 2.37. The van der Waals surface area contributed by atoms with Crippen LogP contribution in [0.5, 0.6) is 5.75 Å². The van der Waals surface area contributed by atoms with Crippen LogP contribution < -0.4 is 5.43 Å². The van der Waals surface area contributed by atoms with Crippen molar-refractivity contribution in [3.8, 4) is 5.75 Å². The molecular weight excluding hydrogens is 240 g/mol. The van der Waals surface area contributed by atoms with E-state index >= 15 is 0 Å². The van der Waals surface area contributed by atoms with Gasteiger partial charge in [0.1, 0.15) is 16.9 Å². The van der Waals surface area contributed by atoms with E-state index in [1.165, 1.54) is 6.07 Å². The Hall–Kier alpha value is -2.29. The third-order valence-corrected chi connectivity index (χ3v) is 3.32. The molecule has 2 aromatic carbocycles. The zero-order valence-electron chi connectivity index (χ0n) is 10.8. The Balaban J connectivity index is 2.59. The van der Waals surface area contributed by atoms with Crippen LogP contribution in [0.1, 0.15) is 25.3 Å². The Morgan fingerprint density at radius 1 is 1.11 bits per heavy atom. The van der Waals surface area contributed by atoms with E-state index in [-0.39, 0.29) is 17.1 Å². The third-order valence-electron chi connectivity index (χ3n) is 3.32. The minimum atomic E-state index is -0.0412. The van der Waals surface area contributed by atoms with Gasteiger partial charge in [-0.05, 0) is 29.7 Å². The zero-order chi connectivity index (χ0) is 13.6. The fraction of sp³-hybridized carbons (Fsp3) is 0.188. The number of hydrogen-bond donors (Lipinski definition) is 1. The van der Waals surface area contributed by atoms with Crippen molar-refractivity contribution in [2.45, 2.75) is 19.8 Å². The number of rotatable bonds is 1. The van der Waals surface area contributed by atoms with Gasteiger partial charge in [-0.15, -0.1) is 0 Å². The fourth-order valence-corrected chi connectivity index (χ4v) is 2.40. The molecule has 0 aliphatic rings. The van der Waals surface area contributed by atoms with Gasteiger partial charge in [-0.1, -0.05) is 26.0 Å². The van der Waals surface area contributed by atoms with Crippen molar-refractivity contribution < 1.29 is 9.52 Å². The smallest absolute Gasteiger partial charge is 0.200 e. The SMILES string of the molecule is CC(C)c1cc(O)cc2oc3ccccc3c(=O)c12. The van der Waals surface area contributed by atoms with Gasteiger partial charge in [0.15, 0.2) is 0 Å². The highest BCUT2D eigenvalue weighted by Crippen LogP contribution is 2.29. The largest absolute Gasteiger partial charge is 0.508 e. The lowest BCUT2D eigenvalue weighted by Crippen LogP contribution is -2.06. The molecule has 3 aromatic rings. The van der Waals surface area contributed by atoms with Crippen molar-refractivity contribution in [1.29, 1.82) is 0 Å². The molecule has 1 N–H and O–H groups in total. The standard InChI is InChI=1S/C16H14O3/c1-9(2)12-7-10(17)8-14-15(12)16(18)11-5-3-4-6-13(11)19-14/h3-9,17H,1-2H3. The molecule has 0 saturated carbocycles. The molecule has 0 saturated heterocycles. The molecule has 0 unspecified atom stereocenters. The van der Waals surface area contributed by atoms with E-state index in [0.717, 1.165) is 5.56 Å². The second-order valence-corrected chi connectivity index (χ2v) is 4.99. The van der Waals surface area contributed by atoms with Gasteiger partial charge in [0, 0.05) is 6.07 Å². The third kappa shape index (κ3) is 1.78. The number of fused-ring (bicyclic) bond motifs is 2. The Bertz CT molecular complexity index is 828. The second kappa shape index (κ2) is 4.12. The Morgan fingerprint density at radius 3 is 2.58 bits per heavy atom. The first-order valence-corrected chi connectivity index (χ1v) is 6.26. The maximum Gasteiger partial charge on any atom is 0.200 e. The predicted molar refractivity (Wildman–Crippen MR) is 75.7 cm³/mol. The molecule has 1 aromatic heterocycles. The highest BCUT2D eigenvalue weighted by molar-refractivity contribution is 5.92. The van der Waals surface area contributed by atoms with Gasteiger partial charge >= 0.3 is 0 Å². The first-order chi connectivity index (χ1) is 9.08. The van der Waals surface area contributed by atoms with Crippen molar-refractivity contribution in [2.75, 3.05) is 0 Å². The summed E-state index contributed by atoms with van der Waals surface area (Å²) in [6, 6.07) is 10.3. The van der Waals surface area contributed by atoms with E-state index < -0.39 is 0 Å². The van der Waals surface area contributed by atoms with E-state index in [9.17, 15) is 9.90 Å². The van der Waals surface area contributed by atoms with Gasteiger partial charge in [-0.25, -0.2) is 0 Å². The Morgan fingerprint density at radius 2 is 1.84 bits per heavy atom. The van der Waals surface area contributed by atoms with Crippen LogP contribution in [-0.2, 0) is 0 Å². The van der Waals surface area contributed by atoms with E-state index in [0.29, 0.717) is 21.9 Å². The van der Waals surface area contributed by atoms with Crippen molar-refractivity contribution >= 4 is 21.9 Å². The minimum absolute atomic E-state index is 0.0412. The number of hydrogen-bond acceptors (Lipinski definition) is 3. The quantitative estimate of drug-likeness (QED) is 0.672. The summed E-state index contributed by atoms with van der Waals surface area (Å²) in [6.45, 7) is 3.98. The lowest BCUT2D eigenvalue weighted by atomic mass is 9.97. The van der Waals surface area contributed by atoms with E-state index in [1.807, 2.05) is 26.0 Å². The minimum Gasteiger partial charge on any atom is -0.508 e. The number of phenols is 1. The van der Waals surface area contributed by atoms with Gasteiger partial charge in [0.2, 0.25) is 5.43 Å². The maximum atomic E-state index is 12.6. The van der Waals surface area contributed by atoms with Crippen LogP contribution in [0.15, 0.2) is 45.6 Å². The molecule has 3 rings (SSSR count). The molecule has 0 spiro atoms. The molecular formula is C16H14O3. The Labute approximate surface area is 110 Å². The normalized spacial score (nSPS) is 11.5. The maximum absolute atomic E-state index is 12.6. The molecule has 0 radical (unpaired) electrons. The molecule has 0 amide bonds. The van der Waals surface area contributed by atoms with E-state index in [2.05, 4.69) is 0 Å². The molecule has 0 atom stereocenters. The Kier molecular flexibility index (Phi) is 2.56. The summed E-state index contributed by atoms with van der Waals surface area (Å²) in [5.41, 5.74) is 1.75. The van der Waals surface area contributed by atoms with Crippen LogP contribution in [0.25, 0.3) is 21.9 Å². The molecule has 1 heterocycles. The topological polar surface area (TPSA) is 50.4 Å². The number of phenolic OH excluding ortho intramolecular Hbond substituents is 1. The van der Waals surface area contributed by atoms with Crippen molar-refractivity contribution in [2.24, 2.45) is 0 Å². The van der Waals surface area contributed by atoms with Gasteiger partial charge in [-0.3, -0.25) is 4.79 Å². The van der Waals surface area contributed by atoms with Gasteiger partial charge in [0.25, 0.3) is 0 Å². The van der Waals surface area contributed by atoms with Crippen molar-refractivity contribution in [3.05, 3.63) is 52.2 Å². The van der Waals surface area contributed by atoms with E-state index in [1.54, 1.807) is 18.2 Å². The lowest BCUT2D eigenvalue weighted by Gasteiger charge is -2.10. The van der Waals surface area contributed by atoms with Crippen LogP contribution in [0.4, 0.5) is 0 Å². The van der Waals surface area contributed by atoms with Crippen LogP contribution in [-0.4, -0.2) is 5.11 Å². The molecule has 3 heteroatoms. The van der Waals surface area contributed by atoms with Gasteiger partial charge < -0.3 is 9.52 Å². The summed E-state index contributed by atoms with van der Waals surface area (Å²) >= 11 is 0. The molecule has 96 valence electrons. The zero-order valence-corrected chi connectivity index (χ0v) is 10.8. The first kappa shape index (κ1) is 11.8. The first-order valence-electron chi connectivity index (χ1n) is 6.26. The summed E-state index contributed by atoms with van der Waals surface area (Å²) in [6.07, 6.45) is 0. The summed E-state index contributed by atoms with van der Waals surface area (Å²) in [5.74, 6) is 0.258. The lowest BCUT2D eigenvalue weighted by molar-refractivity contribution is 0.473. The molecule has 0 bridgehead atoms. The molecule has 3 nitrogen and oxygen atoms in total. The molecule has 0 aliphatic heterocycles. The number of aromatic hydroxyl groups is 1. The van der Waals surface area contributed by atoms with Crippen LogP contribution in [0.2, 0.25) is 0 Å². The summed E-state index contributed by atoms with van der Waals surface area (Å²) in [4.78, 5) is 12.6.